The lowest BCUT2D eigenvalue weighted by Gasteiger charge is -2.06. The summed E-state index contributed by atoms with van der Waals surface area (Å²) < 4.78 is 0.949. The standard InChI is InChI=1S/C10H13N5S2/c1-2-3-12-7-6-8(15-9(11)14-7)17-10-13-4-5-16-10/h4-6H,2-3H2,1H3,(H3,11,12,14,15). The fourth-order valence-electron chi connectivity index (χ4n) is 1.19. The Balaban J connectivity index is 2.13. The summed E-state index contributed by atoms with van der Waals surface area (Å²) in [5.41, 5.74) is 5.67. The van der Waals surface area contributed by atoms with Gasteiger partial charge in [-0.25, -0.2) is 9.97 Å². The fourth-order valence-corrected chi connectivity index (χ4v) is 2.77. The lowest BCUT2D eigenvalue weighted by molar-refractivity contribution is 0.957. The molecule has 3 N–H and O–H groups in total. The summed E-state index contributed by atoms with van der Waals surface area (Å²) in [6.45, 7) is 2.97. The molecule has 2 aromatic rings. The van der Waals surface area contributed by atoms with E-state index >= 15 is 0 Å². The van der Waals surface area contributed by atoms with E-state index in [0.717, 1.165) is 28.1 Å². The molecule has 90 valence electrons. The van der Waals surface area contributed by atoms with Crippen molar-refractivity contribution in [2.45, 2.75) is 22.7 Å². The van der Waals surface area contributed by atoms with Crippen molar-refractivity contribution in [3.63, 3.8) is 0 Å². The van der Waals surface area contributed by atoms with Gasteiger partial charge in [-0.15, -0.1) is 11.3 Å². The maximum atomic E-state index is 5.67. The van der Waals surface area contributed by atoms with E-state index in [9.17, 15) is 0 Å². The molecule has 0 aromatic carbocycles. The number of anilines is 2. The summed E-state index contributed by atoms with van der Waals surface area (Å²) in [7, 11) is 0. The Bertz CT molecular complexity index is 472. The first-order valence-corrected chi connectivity index (χ1v) is 6.93. The van der Waals surface area contributed by atoms with Crippen LogP contribution in [0.5, 0.6) is 0 Å². The Labute approximate surface area is 108 Å². The second-order valence-electron chi connectivity index (χ2n) is 3.28. The van der Waals surface area contributed by atoms with Crippen molar-refractivity contribution in [1.29, 1.82) is 0 Å². The van der Waals surface area contributed by atoms with Gasteiger partial charge in [-0.1, -0.05) is 6.92 Å². The maximum Gasteiger partial charge on any atom is 0.223 e. The SMILES string of the molecule is CCCNc1cc(Sc2nccs2)nc(N)n1. The number of nitrogens with zero attached hydrogens (tertiary/aromatic N) is 3. The topological polar surface area (TPSA) is 76.7 Å². The van der Waals surface area contributed by atoms with E-state index in [-0.39, 0.29) is 5.95 Å². The van der Waals surface area contributed by atoms with Gasteiger partial charge in [0, 0.05) is 24.2 Å². The third kappa shape index (κ3) is 3.57. The van der Waals surface area contributed by atoms with Gasteiger partial charge in [0.15, 0.2) is 4.34 Å². The van der Waals surface area contributed by atoms with Crippen LogP contribution in [0.1, 0.15) is 13.3 Å². The monoisotopic (exact) mass is 267 g/mol. The molecule has 7 heteroatoms. The van der Waals surface area contributed by atoms with E-state index in [1.165, 1.54) is 11.8 Å². The van der Waals surface area contributed by atoms with Crippen molar-refractivity contribution >= 4 is 34.9 Å². The fraction of sp³-hybridized carbons (Fsp3) is 0.300. The Kier molecular flexibility index (Phi) is 4.16. The van der Waals surface area contributed by atoms with Gasteiger partial charge in [0.05, 0.1) is 0 Å². The number of hydrogen-bond acceptors (Lipinski definition) is 7. The van der Waals surface area contributed by atoms with Gasteiger partial charge in [0.1, 0.15) is 10.8 Å². The lowest BCUT2D eigenvalue weighted by atomic mass is 10.4. The molecule has 0 aliphatic rings. The van der Waals surface area contributed by atoms with Crippen molar-refractivity contribution in [2.75, 3.05) is 17.6 Å². The van der Waals surface area contributed by atoms with Gasteiger partial charge in [0.2, 0.25) is 5.95 Å². The second kappa shape index (κ2) is 5.83. The van der Waals surface area contributed by atoms with Crippen LogP contribution in [0.25, 0.3) is 0 Å². The van der Waals surface area contributed by atoms with Gasteiger partial charge in [-0.2, -0.15) is 4.98 Å². The highest BCUT2D eigenvalue weighted by atomic mass is 32.2. The quantitative estimate of drug-likeness (QED) is 0.810. The Morgan fingerprint density at radius 2 is 2.35 bits per heavy atom. The molecule has 2 rings (SSSR count). The summed E-state index contributed by atoms with van der Waals surface area (Å²) in [5.74, 6) is 1.04. The molecular weight excluding hydrogens is 254 g/mol. The van der Waals surface area contributed by atoms with E-state index in [2.05, 4.69) is 27.2 Å². The van der Waals surface area contributed by atoms with Crippen molar-refractivity contribution in [2.24, 2.45) is 0 Å². The number of thiazole rings is 1. The summed E-state index contributed by atoms with van der Waals surface area (Å²) in [6.07, 6.45) is 2.81. The van der Waals surface area contributed by atoms with Crippen LogP contribution in [0.4, 0.5) is 11.8 Å². The minimum Gasteiger partial charge on any atom is -0.370 e. The van der Waals surface area contributed by atoms with Crippen LogP contribution in [0.15, 0.2) is 27.0 Å². The first-order chi connectivity index (χ1) is 8.28. The molecule has 2 heterocycles. The number of nitrogen functional groups attached to an aromatic ring is 1. The predicted octanol–water partition coefficient (Wildman–Crippen LogP) is 2.49. The molecular formula is C10H13N5S2. The first-order valence-electron chi connectivity index (χ1n) is 5.23. The third-order valence-electron chi connectivity index (χ3n) is 1.88. The van der Waals surface area contributed by atoms with Gasteiger partial charge in [-0.3, -0.25) is 0 Å². The summed E-state index contributed by atoms with van der Waals surface area (Å²) >= 11 is 3.07. The highest BCUT2D eigenvalue weighted by Crippen LogP contribution is 2.29. The molecule has 2 aromatic heterocycles. The van der Waals surface area contributed by atoms with Gasteiger partial charge in [0.25, 0.3) is 0 Å². The van der Waals surface area contributed by atoms with E-state index in [1.54, 1.807) is 17.5 Å². The van der Waals surface area contributed by atoms with Gasteiger partial charge in [-0.05, 0) is 18.2 Å². The summed E-state index contributed by atoms with van der Waals surface area (Å²) in [5, 5.41) is 5.94. The average molecular weight is 267 g/mol. The van der Waals surface area contributed by atoms with Crippen molar-refractivity contribution < 1.29 is 0 Å². The summed E-state index contributed by atoms with van der Waals surface area (Å²) in [6, 6.07) is 1.89. The first kappa shape index (κ1) is 12.1. The zero-order chi connectivity index (χ0) is 12.1. The molecule has 17 heavy (non-hydrogen) atoms. The molecule has 0 spiro atoms. The minimum absolute atomic E-state index is 0.283. The molecule has 0 amide bonds. The average Bonchev–Trinajstić information content (AvgIpc) is 2.78. The molecule has 0 bridgehead atoms. The number of nitrogens with two attached hydrogens (primary N) is 1. The van der Waals surface area contributed by atoms with Crippen molar-refractivity contribution in [3.05, 3.63) is 17.6 Å². The van der Waals surface area contributed by atoms with Crippen LogP contribution in [-0.2, 0) is 0 Å². The van der Waals surface area contributed by atoms with E-state index in [4.69, 9.17) is 5.73 Å². The van der Waals surface area contributed by atoms with E-state index < -0.39 is 0 Å². The molecule has 0 saturated carbocycles. The highest BCUT2D eigenvalue weighted by Gasteiger charge is 2.05. The maximum absolute atomic E-state index is 5.67. The zero-order valence-electron chi connectivity index (χ0n) is 9.38. The number of aromatic nitrogens is 3. The molecule has 0 aliphatic carbocycles. The number of nitrogens with one attached hydrogen (secondary N) is 1. The van der Waals surface area contributed by atoms with Crippen molar-refractivity contribution in [3.8, 4) is 0 Å². The van der Waals surface area contributed by atoms with E-state index in [1.807, 2.05) is 11.4 Å². The van der Waals surface area contributed by atoms with Crippen LogP contribution >= 0.6 is 23.1 Å². The number of rotatable bonds is 5. The van der Waals surface area contributed by atoms with Gasteiger partial charge >= 0.3 is 0 Å². The van der Waals surface area contributed by atoms with Crippen LogP contribution in [0, 0.1) is 0 Å². The normalized spacial score (nSPS) is 10.4. The smallest absolute Gasteiger partial charge is 0.223 e. The second-order valence-corrected chi connectivity index (χ2v) is 5.44. The van der Waals surface area contributed by atoms with Crippen LogP contribution < -0.4 is 11.1 Å². The van der Waals surface area contributed by atoms with Crippen LogP contribution in [0.2, 0.25) is 0 Å². The number of hydrogen-bond donors (Lipinski definition) is 2. The Morgan fingerprint density at radius 3 is 3.06 bits per heavy atom. The Hall–Kier alpha value is -1.34. The Morgan fingerprint density at radius 1 is 1.47 bits per heavy atom. The molecule has 0 fully saturated rings. The van der Waals surface area contributed by atoms with Crippen molar-refractivity contribution in [1.82, 2.24) is 15.0 Å². The third-order valence-corrected chi connectivity index (χ3v) is 3.68. The minimum atomic E-state index is 0.283. The molecule has 0 saturated heterocycles. The zero-order valence-corrected chi connectivity index (χ0v) is 11.0. The summed E-state index contributed by atoms with van der Waals surface area (Å²) in [4.78, 5) is 12.5. The lowest BCUT2D eigenvalue weighted by Crippen LogP contribution is -2.05. The van der Waals surface area contributed by atoms with Crippen LogP contribution in [0.3, 0.4) is 0 Å². The van der Waals surface area contributed by atoms with Crippen LogP contribution in [-0.4, -0.2) is 21.5 Å². The molecule has 5 nitrogen and oxygen atoms in total. The highest BCUT2D eigenvalue weighted by molar-refractivity contribution is 8.01. The molecule has 0 unspecified atom stereocenters. The molecule has 0 aliphatic heterocycles. The van der Waals surface area contributed by atoms with Gasteiger partial charge < -0.3 is 11.1 Å². The van der Waals surface area contributed by atoms with E-state index in [0.29, 0.717) is 0 Å². The molecule has 0 radical (unpaired) electrons. The largest absolute Gasteiger partial charge is 0.370 e. The molecule has 0 atom stereocenters. The predicted molar refractivity (Wildman–Crippen MR) is 71.5 cm³/mol.